The smallest absolute Gasteiger partial charge is 0.443 e. The highest BCUT2D eigenvalue weighted by atomic mass is 16.7. The van der Waals surface area contributed by atoms with Crippen LogP contribution >= 0.6 is 0 Å². The average molecular weight is 199 g/mol. The monoisotopic (exact) mass is 199 g/mol. The van der Waals surface area contributed by atoms with E-state index in [1.54, 1.807) is 0 Å². The topological polar surface area (TPSA) is 55.8 Å². The Morgan fingerprint density at radius 2 is 2.00 bits per heavy atom. The lowest BCUT2D eigenvalue weighted by Gasteiger charge is -2.17. The normalized spacial score (nSPS) is 8.64. The Morgan fingerprint density at radius 3 is 2.43 bits per heavy atom. The zero-order valence-electron chi connectivity index (χ0n) is 8.06. The number of nitrogens with zero attached hydrogens (tertiary/aromatic N) is 1. The van der Waals surface area contributed by atoms with Crippen molar-refractivity contribution in [3.8, 4) is 0 Å². The molecule has 5 heteroatoms. The van der Waals surface area contributed by atoms with Crippen molar-refractivity contribution in [3.63, 3.8) is 0 Å². The van der Waals surface area contributed by atoms with Crippen molar-refractivity contribution >= 4 is 12.1 Å². The molecule has 0 radical (unpaired) electrons. The summed E-state index contributed by atoms with van der Waals surface area (Å²) in [6.07, 6.45) is 2.08. The van der Waals surface area contributed by atoms with Gasteiger partial charge in [-0.2, -0.15) is 0 Å². The molecular formula is C9H13NO4. The van der Waals surface area contributed by atoms with Crippen molar-refractivity contribution in [3.05, 3.63) is 25.3 Å². The van der Waals surface area contributed by atoms with Gasteiger partial charge >= 0.3 is 12.1 Å². The number of rotatable bonds is 4. The van der Waals surface area contributed by atoms with Crippen LogP contribution in [-0.4, -0.2) is 30.3 Å². The number of hydroxylamine groups is 2. The molecule has 0 heterocycles. The van der Waals surface area contributed by atoms with Crippen LogP contribution in [0.3, 0.4) is 0 Å². The lowest BCUT2D eigenvalue weighted by Crippen LogP contribution is -2.33. The van der Waals surface area contributed by atoms with E-state index in [2.05, 4.69) is 22.7 Å². The van der Waals surface area contributed by atoms with Crippen molar-refractivity contribution < 1.29 is 19.2 Å². The summed E-state index contributed by atoms with van der Waals surface area (Å²) in [6.45, 7) is 8.12. The summed E-state index contributed by atoms with van der Waals surface area (Å²) in [7, 11) is 0. The van der Waals surface area contributed by atoms with Crippen LogP contribution in [0.15, 0.2) is 25.3 Å². The van der Waals surface area contributed by atoms with E-state index >= 15 is 0 Å². The standard InChI is InChI=1S/C9H13NO4/c1-4-6-10(14-8(3)11)9(12)13-7-5-2/h4-5H,1-2,6-7H2,3H3. The maximum atomic E-state index is 11.2. The molecule has 1 amide bonds. The second kappa shape index (κ2) is 6.71. The first kappa shape index (κ1) is 12.2. The van der Waals surface area contributed by atoms with E-state index in [1.165, 1.54) is 19.1 Å². The van der Waals surface area contributed by atoms with E-state index in [0.717, 1.165) is 5.06 Å². The maximum Gasteiger partial charge on any atom is 0.443 e. The Morgan fingerprint density at radius 1 is 1.36 bits per heavy atom. The molecule has 0 saturated heterocycles. The largest absolute Gasteiger partial charge is 0.443 e. The van der Waals surface area contributed by atoms with Gasteiger partial charge in [0.15, 0.2) is 0 Å². The predicted molar refractivity (Wildman–Crippen MR) is 50.2 cm³/mol. The third-order valence-electron chi connectivity index (χ3n) is 1.06. The first-order valence-corrected chi connectivity index (χ1v) is 3.96. The van der Waals surface area contributed by atoms with Gasteiger partial charge in [-0.15, -0.1) is 11.6 Å². The van der Waals surface area contributed by atoms with Gasteiger partial charge in [0.25, 0.3) is 0 Å². The molecule has 0 spiro atoms. The highest BCUT2D eigenvalue weighted by Crippen LogP contribution is 1.96. The van der Waals surface area contributed by atoms with Crippen molar-refractivity contribution in [2.24, 2.45) is 0 Å². The van der Waals surface area contributed by atoms with E-state index < -0.39 is 12.1 Å². The molecular weight excluding hydrogens is 186 g/mol. The third-order valence-corrected chi connectivity index (χ3v) is 1.06. The average Bonchev–Trinajstić information content (AvgIpc) is 2.13. The summed E-state index contributed by atoms with van der Waals surface area (Å²) < 4.78 is 4.65. The zero-order chi connectivity index (χ0) is 11.0. The third kappa shape index (κ3) is 4.97. The number of carbonyl (C=O) groups excluding carboxylic acids is 2. The second-order valence-corrected chi connectivity index (χ2v) is 2.30. The van der Waals surface area contributed by atoms with Gasteiger partial charge in [0.05, 0.1) is 6.54 Å². The molecule has 5 nitrogen and oxygen atoms in total. The molecule has 0 aliphatic carbocycles. The van der Waals surface area contributed by atoms with E-state index in [1.807, 2.05) is 0 Å². The van der Waals surface area contributed by atoms with Gasteiger partial charge in [-0.1, -0.05) is 18.7 Å². The Bertz CT molecular complexity index is 237. The van der Waals surface area contributed by atoms with Gasteiger partial charge in [-0.05, 0) is 0 Å². The minimum absolute atomic E-state index is 0.0632. The summed E-state index contributed by atoms with van der Waals surface area (Å²) in [5, 5.41) is 0.777. The van der Waals surface area contributed by atoms with Crippen molar-refractivity contribution in [2.45, 2.75) is 6.92 Å². The minimum atomic E-state index is -0.750. The van der Waals surface area contributed by atoms with Crippen LogP contribution in [-0.2, 0) is 14.4 Å². The Labute approximate surface area is 82.5 Å². The molecule has 0 aromatic heterocycles. The number of hydrogen-bond donors (Lipinski definition) is 0. The zero-order valence-corrected chi connectivity index (χ0v) is 8.06. The molecule has 0 fully saturated rings. The molecule has 0 rings (SSSR count). The SMILES string of the molecule is C=CCOC(=O)N(CC=C)OC(C)=O. The van der Waals surface area contributed by atoms with E-state index in [4.69, 9.17) is 0 Å². The molecule has 0 unspecified atom stereocenters. The molecule has 0 aromatic carbocycles. The summed E-state index contributed by atoms with van der Waals surface area (Å²) in [5.41, 5.74) is 0. The van der Waals surface area contributed by atoms with Crippen molar-refractivity contribution in [2.75, 3.05) is 13.2 Å². The molecule has 0 aromatic rings. The lowest BCUT2D eigenvalue weighted by molar-refractivity contribution is -0.176. The van der Waals surface area contributed by atoms with Crippen LogP contribution in [0.2, 0.25) is 0 Å². The Balaban J connectivity index is 4.16. The summed E-state index contributed by atoms with van der Waals surface area (Å²) in [4.78, 5) is 26.3. The first-order chi connectivity index (χ1) is 6.61. The van der Waals surface area contributed by atoms with E-state index in [9.17, 15) is 9.59 Å². The molecule has 0 aliphatic rings. The minimum Gasteiger partial charge on any atom is -0.443 e. The summed E-state index contributed by atoms with van der Waals surface area (Å²) in [5.74, 6) is -0.595. The predicted octanol–water partition coefficient (Wildman–Crippen LogP) is 1.28. The molecule has 78 valence electrons. The van der Waals surface area contributed by atoms with Crippen LogP contribution < -0.4 is 0 Å². The molecule has 0 bridgehead atoms. The van der Waals surface area contributed by atoms with Gasteiger partial charge in [0.1, 0.15) is 6.61 Å². The van der Waals surface area contributed by atoms with Gasteiger partial charge in [0, 0.05) is 6.92 Å². The number of ether oxygens (including phenoxy) is 1. The molecule has 0 aliphatic heterocycles. The summed E-state index contributed by atoms with van der Waals surface area (Å²) in [6, 6.07) is 0. The Kier molecular flexibility index (Phi) is 5.85. The number of amides is 1. The van der Waals surface area contributed by atoms with Crippen LogP contribution in [0.5, 0.6) is 0 Å². The van der Waals surface area contributed by atoms with Crippen LogP contribution in [0, 0.1) is 0 Å². The van der Waals surface area contributed by atoms with Gasteiger partial charge < -0.3 is 9.57 Å². The fourth-order valence-corrected chi connectivity index (χ4v) is 0.624. The quantitative estimate of drug-likeness (QED) is 0.505. The van der Waals surface area contributed by atoms with Gasteiger partial charge in [-0.25, -0.2) is 4.79 Å². The fraction of sp³-hybridized carbons (Fsp3) is 0.333. The van der Waals surface area contributed by atoms with E-state index in [0.29, 0.717) is 0 Å². The van der Waals surface area contributed by atoms with E-state index in [-0.39, 0.29) is 13.2 Å². The molecule has 0 N–H and O–H groups in total. The molecule has 0 atom stereocenters. The second-order valence-electron chi connectivity index (χ2n) is 2.30. The highest BCUT2D eigenvalue weighted by Gasteiger charge is 2.16. The molecule has 14 heavy (non-hydrogen) atoms. The van der Waals surface area contributed by atoms with Crippen LogP contribution in [0.4, 0.5) is 4.79 Å². The lowest BCUT2D eigenvalue weighted by atomic mass is 10.6. The highest BCUT2D eigenvalue weighted by molar-refractivity contribution is 5.71. The number of hydrogen-bond acceptors (Lipinski definition) is 4. The van der Waals surface area contributed by atoms with Gasteiger partial charge in [-0.3, -0.25) is 4.79 Å². The molecule has 0 saturated carbocycles. The summed E-state index contributed by atoms with van der Waals surface area (Å²) >= 11 is 0. The number of carbonyl (C=O) groups is 2. The van der Waals surface area contributed by atoms with Crippen LogP contribution in [0.1, 0.15) is 6.92 Å². The maximum absolute atomic E-state index is 11.2. The first-order valence-electron chi connectivity index (χ1n) is 3.96. The Hall–Kier alpha value is -1.78. The van der Waals surface area contributed by atoms with Crippen LogP contribution in [0.25, 0.3) is 0 Å². The van der Waals surface area contributed by atoms with Crippen molar-refractivity contribution in [1.82, 2.24) is 5.06 Å². The van der Waals surface area contributed by atoms with Gasteiger partial charge in [0.2, 0.25) is 0 Å². The fourth-order valence-electron chi connectivity index (χ4n) is 0.624. The van der Waals surface area contributed by atoms with Crippen molar-refractivity contribution in [1.29, 1.82) is 0 Å².